The molecule has 5 heteroatoms. The maximum atomic E-state index is 12.8. The van der Waals surface area contributed by atoms with E-state index in [9.17, 15) is 4.79 Å². The van der Waals surface area contributed by atoms with Crippen molar-refractivity contribution in [3.63, 3.8) is 0 Å². The van der Waals surface area contributed by atoms with Gasteiger partial charge in [-0.2, -0.15) is 0 Å². The predicted octanol–water partition coefficient (Wildman–Crippen LogP) is 3.08. The summed E-state index contributed by atoms with van der Waals surface area (Å²) < 4.78 is 11.5. The first-order valence-electron chi connectivity index (χ1n) is 9.14. The minimum absolute atomic E-state index is 0.0450. The van der Waals surface area contributed by atoms with E-state index in [1.165, 1.54) is 24.8 Å². The van der Waals surface area contributed by atoms with Crippen molar-refractivity contribution < 1.29 is 14.3 Å². The summed E-state index contributed by atoms with van der Waals surface area (Å²) in [5.41, 5.74) is 1.21. The summed E-state index contributed by atoms with van der Waals surface area (Å²) in [5.74, 6) is 0.137. The third kappa shape index (κ3) is 3.15. The van der Waals surface area contributed by atoms with E-state index in [2.05, 4.69) is 17.4 Å². The average molecular weight is 330 g/mol. The zero-order valence-electron chi connectivity index (χ0n) is 14.1. The Balaban J connectivity index is 1.38. The zero-order valence-corrected chi connectivity index (χ0v) is 14.1. The molecule has 2 saturated heterocycles. The van der Waals surface area contributed by atoms with Crippen LogP contribution in [0.15, 0.2) is 30.3 Å². The molecule has 0 radical (unpaired) electrons. The van der Waals surface area contributed by atoms with Crippen LogP contribution in [0.25, 0.3) is 0 Å². The van der Waals surface area contributed by atoms with Gasteiger partial charge in [0.25, 0.3) is 0 Å². The van der Waals surface area contributed by atoms with Crippen LogP contribution in [0.3, 0.4) is 0 Å². The van der Waals surface area contributed by atoms with Gasteiger partial charge in [0.1, 0.15) is 0 Å². The van der Waals surface area contributed by atoms with Crippen LogP contribution in [0, 0.1) is 5.92 Å². The van der Waals surface area contributed by atoms with Crippen LogP contribution in [-0.2, 0) is 9.47 Å². The lowest BCUT2D eigenvalue weighted by atomic mass is 9.77. The number of rotatable bonds is 3. The molecule has 3 fully saturated rings. The average Bonchev–Trinajstić information content (AvgIpc) is 3.02. The Morgan fingerprint density at radius 2 is 1.79 bits per heavy atom. The number of carbonyl (C=O) groups is 1. The molecule has 0 bridgehead atoms. The number of ether oxygens (including phenoxy) is 2. The second kappa shape index (κ2) is 6.73. The molecule has 130 valence electrons. The zero-order chi connectivity index (χ0) is 16.4. The van der Waals surface area contributed by atoms with E-state index >= 15 is 0 Å². The molecule has 1 atom stereocenters. The van der Waals surface area contributed by atoms with Gasteiger partial charge in [0, 0.05) is 25.9 Å². The highest BCUT2D eigenvalue weighted by molar-refractivity contribution is 5.75. The Kier molecular flexibility index (Phi) is 4.46. The molecule has 0 aromatic heterocycles. The first-order valence-corrected chi connectivity index (χ1v) is 9.14. The lowest BCUT2D eigenvalue weighted by Crippen LogP contribution is -2.51. The second-order valence-corrected chi connectivity index (χ2v) is 7.12. The molecule has 1 spiro atoms. The van der Waals surface area contributed by atoms with Crippen molar-refractivity contribution in [2.75, 3.05) is 26.3 Å². The third-order valence-electron chi connectivity index (χ3n) is 5.68. The molecule has 1 saturated carbocycles. The highest BCUT2D eigenvalue weighted by atomic mass is 16.7. The summed E-state index contributed by atoms with van der Waals surface area (Å²) in [7, 11) is 0. The predicted molar refractivity (Wildman–Crippen MR) is 90.5 cm³/mol. The quantitative estimate of drug-likeness (QED) is 0.926. The standard InChI is InChI=1S/C19H26N2O3/c22-18(21-11-9-19(10-12-21)23-13-14-24-19)20-17(16-7-4-8-16)15-5-2-1-3-6-15/h1-3,5-6,16-17H,4,7-14H2,(H,20,22)/t17-/m0/s1. The molecular formula is C19H26N2O3. The number of hydrogen-bond acceptors (Lipinski definition) is 3. The molecular weight excluding hydrogens is 304 g/mol. The summed E-state index contributed by atoms with van der Waals surface area (Å²) in [5, 5.41) is 3.29. The summed E-state index contributed by atoms with van der Waals surface area (Å²) in [6.07, 6.45) is 5.19. The van der Waals surface area contributed by atoms with Gasteiger partial charge in [-0.15, -0.1) is 0 Å². The Morgan fingerprint density at radius 1 is 1.12 bits per heavy atom. The fraction of sp³-hybridized carbons (Fsp3) is 0.632. The first-order chi connectivity index (χ1) is 11.8. The summed E-state index contributed by atoms with van der Waals surface area (Å²) in [6.45, 7) is 2.73. The van der Waals surface area contributed by atoms with Crippen molar-refractivity contribution in [2.24, 2.45) is 5.92 Å². The molecule has 3 aliphatic rings. The van der Waals surface area contributed by atoms with Crippen LogP contribution in [0.5, 0.6) is 0 Å². The molecule has 4 rings (SSSR count). The highest BCUT2D eigenvalue weighted by Gasteiger charge is 2.41. The number of piperidine rings is 1. The van der Waals surface area contributed by atoms with Gasteiger partial charge in [-0.1, -0.05) is 36.8 Å². The van der Waals surface area contributed by atoms with E-state index < -0.39 is 5.79 Å². The minimum Gasteiger partial charge on any atom is -0.347 e. The van der Waals surface area contributed by atoms with E-state index in [1.807, 2.05) is 23.1 Å². The molecule has 1 aliphatic carbocycles. The van der Waals surface area contributed by atoms with Gasteiger partial charge in [0.2, 0.25) is 0 Å². The molecule has 0 unspecified atom stereocenters. The van der Waals surface area contributed by atoms with Crippen LogP contribution in [0.2, 0.25) is 0 Å². The van der Waals surface area contributed by atoms with Crippen LogP contribution in [-0.4, -0.2) is 43.0 Å². The number of likely N-dealkylation sites (tertiary alicyclic amines) is 1. The van der Waals surface area contributed by atoms with Crippen LogP contribution in [0.4, 0.5) is 4.79 Å². The number of nitrogens with one attached hydrogen (secondary N) is 1. The Morgan fingerprint density at radius 3 is 2.38 bits per heavy atom. The van der Waals surface area contributed by atoms with Crippen LogP contribution >= 0.6 is 0 Å². The lowest BCUT2D eigenvalue weighted by molar-refractivity contribution is -0.181. The van der Waals surface area contributed by atoms with Gasteiger partial charge in [-0.3, -0.25) is 0 Å². The number of carbonyl (C=O) groups excluding carboxylic acids is 1. The lowest BCUT2D eigenvalue weighted by Gasteiger charge is -2.40. The number of nitrogens with zero attached hydrogens (tertiary/aromatic N) is 1. The van der Waals surface area contributed by atoms with E-state index in [-0.39, 0.29) is 12.1 Å². The van der Waals surface area contributed by atoms with Gasteiger partial charge >= 0.3 is 6.03 Å². The number of hydrogen-bond donors (Lipinski definition) is 1. The Hall–Kier alpha value is -1.59. The Labute approximate surface area is 143 Å². The smallest absolute Gasteiger partial charge is 0.317 e. The first kappa shape index (κ1) is 15.9. The van der Waals surface area contributed by atoms with E-state index in [0.717, 1.165) is 12.8 Å². The SMILES string of the molecule is O=C(N[C@@H](c1ccccc1)C1CCC1)N1CCC2(CC1)OCCO2. The molecule has 2 heterocycles. The third-order valence-corrected chi connectivity index (χ3v) is 5.68. The van der Waals surface area contributed by atoms with E-state index in [1.54, 1.807) is 0 Å². The monoisotopic (exact) mass is 330 g/mol. The van der Waals surface area contributed by atoms with E-state index in [4.69, 9.17) is 9.47 Å². The summed E-state index contributed by atoms with van der Waals surface area (Å²) >= 11 is 0. The van der Waals surface area contributed by atoms with E-state index in [0.29, 0.717) is 32.2 Å². The van der Waals surface area contributed by atoms with Crippen LogP contribution < -0.4 is 5.32 Å². The second-order valence-electron chi connectivity index (χ2n) is 7.12. The molecule has 1 N–H and O–H groups in total. The summed E-state index contributed by atoms with van der Waals surface area (Å²) in [6, 6.07) is 10.5. The van der Waals surface area contributed by atoms with Crippen molar-refractivity contribution in [1.29, 1.82) is 0 Å². The number of amides is 2. The van der Waals surface area contributed by atoms with Gasteiger partial charge in [-0.05, 0) is 24.3 Å². The van der Waals surface area contributed by atoms with Crippen molar-refractivity contribution in [2.45, 2.75) is 43.9 Å². The topological polar surface area (TPSA) is 50.8 Å². The molecule has 2 amide bonds. The molecule has 1 aromatic rings. The summed E-state index contributed by atoms with van der Waals surface area (Å²) in [4.78, 5) is 14.7. The fourth-order valence-electron chi connectivity index (χ4n) is 3.97. The van der Waals surface area contributed by atoms with Crippen LogP contribution in [0.1, 0.15) is 43.7 Å². The largest absolute Gasteiger partial charge is 0.347 e. The minimum atomic E-state index is -0.427. The Bertz CT molecular complexity index is 557. The van der Waals surface area contributed by atoms with Crippen molar-refractivity contribution in [3.8, 4) is 0 Å². The number of benzene rings is 1. The number of urea groups is 1. The molecule has 24 heavy (non-hydrogen) atoms. The normalized spacial score (nSPS) is 24.6. The van der Waals surface area contributed by atoms with Gasteiger partial charge in [0.05, 0.1) is 19.3 Å². The maximum absolute atomic E-state index is 12.8. The molecule has 2 aliphatic heterocycles. The van der Waals surface area contributed by atoms with Crippen molar-refractivity contribution >= 4 is 6.03 Å². The van der Waals surface area contributed by atoms with Gasteiger partial charge in [0.15, 0.2) is 5.79 Å². The molecule has 5 nitrogen and oxygen atoms in total. The van der Waals surface area contributed by atoms with Crippen molar-refractivity contribution in [1.82, 2.24) is 10.2 Å². The van der Waals surface area contributed by atoms with Gasteiger partial charge in [-0.25, -0.2) is 4.79 Å². The fourth-order valence-corrected chi connectivity index (χ4v) is 3.97. The van der Waals surface area contributed by atoms with Gasteiger partial charge < -0.3 is 19.7 Å². The maximum Gasteiger partial charge on any atom is 0.317 e. The highest BCUT2D eigenvalue weighted by Crippen LogP contribution is 2.38. The van der Waals surface area contributed by atoms with Crippen molar-refractivity contribution in [3.05, 3.63) is 35.9 Å². The molecule has 1 aromatic carbocycles.